The normalized spacial score (nSPS) is 29.1. The zero-order valence-corrected chi connectivity index (χ0v) is 11.0. The third kappa shape index (κ3) is 2.36. The minimum Gasteiger partial charge on any atom is -0.389 e. The van der Waals surface area contributed by atoms with Crippen molar-refractivity contribution in [1.82, 2.24) is 4.90 Å². The molecule has 2 heterocycles. The van der Waals surface area contributed by atoms with Crippen molar-refractivity contribution in [2.75, 3.05) is 39.4 Å². The highest BCUT2D eigenvalue weighted by Crippen LogP contribution is 2.45. The molecule has 4 heteroatoms. The van der Waals surface area contributed by atoms with Crippen LogP contribution in [0.15, 0.2) is 0 Å². The second kappa shape index (κ2) is 5.22. The first kappa shape index (κ1) is 13.3. The molecular formula is C13H26N2O2. The highest BCUT2D eigenvalue weighted by molar-refractivity contribution is 5.03. The Morgan fingerprint density at radius 3 is 2.24 bits per heavy atom. The Morgan fingerprint density at radius 1 is 1.18 bits per heavy atom. The fraction of sp³-hybridized carbons (Fsp3) is 1.00. The number of likely N-dealkylation sites (tertiary alicyclic amines) is 1. The molecule has 2 rings (SSSR count). The number of nitrogens with zero attached hydrogens (tertiary/aromatic N) is 1. The summed E-state index contributed by atoms with van der Waals surface area (Å²) < 4.78 is 5.43. The summed E-state index contributed by atoms with van der Waals surface area (Å²) >= 11 is 0. The van der Waals surface area contributed by atoms with Gasteiger partial charge in [-0.1, -0.05) is 6.92 Å². The molecule has 0 aromatic rings. The summed E-state index contributed by atoms with van der Waals surface area (Å²) in [6.45, 7) is 7.32. The summed E-state index contributed by atoms with van der Waals surface area (Å²) in [5.41, 5.74) is 5.31. The zero-order valence-electron chi connectivity index (χ0n) is 11.0. The van der Waals surface area contributed by atoms with Gasteiger partial charge in [-0.2, -0.15) is 0 Å². The molecule has 0 atom stereocenters. The molecule has 0 spiro atoms. The van der Waals surface area contributed by atoms with Crippen LogP contribution in [0.1, 0.15) is 32.6 Å². The number of rotatable bonds is 3. The molecule has 4 nitrogen and oxygen atoms in total. The van der Waals surface area contributed by atoms with Crippen molar-refractivity contribution in [2.24, 2.45) is 11.1 Å². The lowest BCUT2D eigenvalue weighted by atomic mass is 9.63. The van der Waals surface area contributed by atoms with Crippen LogP contribution in [0, 0.1) is 5.41 Å². The second-order valence-corrected chi connectivity index (χ2v) is 5.56. The van der Waals surface area contributed by atoms with Crippen LogP contribution in [0.4, 0.5) is 0 Å². The number of aliphatic hydroxyl groups is 1. The second-order valence-electron chi connectivity index (χ2n) is 5.56. The molecule has 0 radical (unpaired) electrons. The Hall–Kier alpha value is -0.160. The molecule has 17 heavy (non-hydrogen) atoms. The number of nitrogens with two attached hydrogens (primary N) is 1. The maximum atomic E-state index is 11.0. The monoisotopic (exact) mass is 242 g/mol. The molecule has 2 aliphatic heterocycles. The zero-order chi connectivity index (χ0) is 12.4. The van der Waals surface area contributed by atoms with Gasteiger partial charge in [0.05, 0.1) is 5.60 Å². The van der Waals surface area contributed by atoms with E-state index in [2.05, 4.69) is 11.8 Å². The predicted octanol–water partition coefficient (Wildman–Crippen LogP) is 0.589. The average Bonchev–Trinajstić information content (AvgIpc) is 2.40. The van der Waals surface area contributed by atoms with E-state index in [9.17, 15) is 5.11 Å². The molecule has 0 unspecified atom stereocenters. The summed E-state index contributed by atoms with van der Waals surface area (Å²) in [6, 6.07) is 0. The molecule has 3 N–H and O–H groups in total. The van der Waals surface area contributed by atoms with Crippen LogP contribution in [-0.2, 0) is 4.74 Å². The fourth-order valence-electron chi connectivity index (χ4n) is 3.39. The van der Waals surface area contributed by atoms with E-state index >= 15 is 0 Å². The van der Waals surface area contributed by atoms with Crippen molar-refractivity contribution < 1.29 is 9.84 Å². The van der Waals surface area contributed by atoms with E-state index in [1.54, 1.807) is 0 Å². The van der Waals surface area contributed by atoms with Gasteiger partial charge >= 0.3 is 0 Å². The Morgan fingerprint density at radius 2 is 1.76 bits per heavy atom. The molecule has 0 aliphatic carbocycles. The van der Waals surface area contributed by atoms with Gasteiger partial charge in [0.1, 0.15) is 0 Å². The van der Waals surface area contributed by atoms with Gasteiger partial charge in [-0.15, -0.1) is 0 Å². The SMILES string of the molecule is CCN1CCC(O)(C2(CN)CCOCC2)CC1. The molecule has 2 fully saturated rings. The van der Waals surface area contributed by atoms with E-state index < -0.39 is 5.60 Å². The number of piperidine rings is 1. The molecule has 2 saturated heterocycles. The van der Waals surface area contributed by atoms with Crippen molar-refractivity contribution in [3.8, 4) is 0 Å². The molecule has 100 valence electrons. The van der Waals surface area contributed by atoms with Crippen LogP contribution in [0.25, 0.3) is 0 Å². The van der Waals surface area contributed by atoms with Gasteiger partial charge in [0.15, 0.2) is 0 Å². The molecule has 0 amide bonds. The lowest BCUT2D eigenvalue weighted by Gasteiger charge is -2.52. The van der Waals surface area contributed by atoms with E-state index in [0.29, 0.717) is 6.54 Å². The Bertz CT molecular complexity index is 244. The molecule has 0 aromatic carbocycles. The standard InChI is InChI=1S/C13H26N2O2/c1-2-15-7-3-13(16,4-8-15)12(11-14)5-9-17-10-6-12/h16H,2-11,14H2,1H3. The Labute approximate surface area is 104 Å². The van der Waals surface area contributed by atoms with E-state index in [4.69, 9.17) is 10.5 Å². The Balaban J connectivity index is 2.08. The predicted molar refractivity (Wildman–Crippen MR) is 67.8 cm³/mol. The number of ether oxygens (including phenoxy) is 1. The number of hydrogen-bond donors (Lipinski definition) is 2. The maximum Gasteiger partial charge on any atom is 0.0741 e. The van der Waals surface area contributed by atoms with Crippen LogP contribution in [0.2, 0.25) is 0 Å². The van der Waals surface area contributed by atoms with Crippen LogP contribution in [-0.4, -0.2) is 55.0 Å². The van der Waals surface area contributed by atoms with E-state index in [-0.39, 0.29) is 5.41 Å². The van der Waals surface area contributed by atoms with Crippen molar-refractivity contribution in [3.05, 3.63) is 0 Å². The summed E-state index contributed by atoms with van der Waals surface area (Å²) in [5, 5.41) is 11.0. The maximum absolute atomic E-state index is 11.0. The summed E-state index contributed by atoms with van der Waals surface area (Å²) in [7, 11) is 0. The highest BCUT2D eigenvalue weighted by Gasteiger charge is 2.50. The summed E-state index contributed by atoms with van der Waals surface area (Å²) in [5.74, 6) is 0. The number of hydrogen-bond acceptors (Lipinski definition) is 4. The van der Waals surface area contributed by atoms with Gasteiger partial charge in [-0.3, -0.25) is 0 Å². The van der Waals surface area contributed by atoms with Gasteiger partial charge in [0.2, 0.25) is 0 Å². The molecular weight excluding hydrogens is 216 g/mol. The van der Waals surface area contributed by atoms with Gasteiger partial charge in [-0.05, 0) is 32.2 Å². The summed E-state index contributed by atoms with van der Waals surface area (Å²) in [6.07, 6.45) is 3.54. The van der Waals surface area contributed by atoms with Crippen LogP contribution in [0.5, 0.6) is 0 Å². The first-order valence-electron chi connectivity index (χ1n) is 6.88. The van der Waals surface area contributed by atoms with Crippen molar-refractivity contribution >= 4 is 0 Å². The summed E-state index contributed by atoms with van der Waals surface area (Å²) in [4.78, 5) is 2.40. The van der Waals surface area contributed by atoms with Gasteiger partial charge in [0, 0.05) is 38.3 Å². The molecule has 2 aliphatic rings. The third-order valence-corrected chi connectivity index (χ3v) is 4.96. The van der Waals surface area contributed by atoms with Gasteiger partial charge in [-0.25, -0.2) is 0 Å². The quantitative estimate of drug-likeness (QED) is 0.760. The van der Waals surface area contributed by atoms with Gasteiger partial charge < -0.3 is 20.5 Å². The molecule has 0 saturated carbocycles. The highest BCUT2D eigenvalue weighted by atomic mass is 16.5. The van der Waals surface area contributed by atoms with E-state index in [1.807, 2.05) is 0 Å². The van der Waals surface area contributed by atoms with Crippen LogP contribution < -0.4 is 5.73 Å². The largest absolute Gasteiger partial charge is 0.389 e. The smallest absolute Gasteiger partial charge is 0.0741 e. The Kier molecular flexibility index (Phi) is 4.08. The lowest BCUT2D eigenvalue weighted by molar-refractivity contribution is -0.153. The average molecular weight is 242 g/mol. The van der Waals surface area contributed by atoms with Crippen LogP contribution >= 0.6 is 0 Å². The minimum atomic E-state index is -0.572. The first-order chi connectivity index (χ1) is 8.16. The van der Waals surface area contributed by atoms with E-state index in [0.717, 1.165) is 58.5 Å². The van der Waals surface area contributed by atoms with E-state index in [1.165, 1.54) is 0 Å². The van der Waals surface area contributed by atoms with Crippen molar-refractivity contribution in [2.45, 2.75) is 38.2 Å². The van der Waals surface area contributed by atoms with Crippen molar-refractivity contribution in [1.29, 1.82) is 0 Å². The third-order valence-electron chi connectivity index (χ3n) is 4.96. The van der Waals surface area contributed by atoms with Gasteiger partial charge in [0.25, 0.3) is 0 Å². The minimum absolute atomic E-state index is 0.106. The first-order valence-corrected chi connectivity index (χ1v) is 6.88. The fourth-order valence-corrected chi connectivity index (χ4v) is 3.39. The molecule has 0 bridgehead atoms. The lowest BCUT2D eigenvalue weighted by Crippen LogP contribution is -2.59. The molecule has 0 aromatic heterocycles. The topological polar surface area (TPSA) is 58.7 Å². The van der Waals surface area contributed by atoms with Crippen molar-refractivity contribution in [3.63, 3.8) is 0 Å². The van der Waals surface area contributed by atoms with Crippen LogP contribution in [0.3, 0.4) is 0 Å².